The Kier molecular flexibility index (Phi) is 5.26. The predicted octanol–water partition coefficient (Wildman–Crippen LogP) is 2.82. The number of carbonyl (C=O) groups excluding carboxylic acids is 1. The SMILES string of the molecule is O=C(CCS(=O)(=O)c1ccccc1)Nc1nnc(-c2ccc(F)cc2F)o1. The Balaban J connectivity index is 1.63. The third kappa shape index (κ3) is 4.53. The molecule has 0 atom stereocenters. The molecule has 1 aromatic heterocycles. The molecule has 27 heavy (non-hydrogen) atoms. The van der Waals surface area contributed by atoms with Crippen LogP contribution in [-0.4, -0.2) is 30.3 Å². The van der Waals surface area contributed by atoms with Gasteiger partial charge in [0.15, 0.2) is 9.84 Å². The molecule has 1 N–H and O–H groups in total. The van der Waals surface area contributed by atoms with Crippen LogP contribution in [0.4, 0.5) is 14.8 Å². The molecular formula is C17H13F2N3O4S. The second kappa shape index (κ2) is 7.62. The number of amides is 1. The smallest absolute Gasteiger partial charge is 0.322 e. The van der Waals surface area contributed by atoms with Gasteiger partial charge in [0.25, 0.3) is 5.89 Å². The van der Waals surface area contributed by atoms with Gasteiger partial charge in [0, 0.05) is 12.5 Å². The van der Waals surface area contributed by atoms with E-state index < -0.39 is 33.1 Å². The van der Waals surface area contributed by atoms with E-state index in [0.29, 0.717) is 6.07 Å². The van der Waals surface area contributed by atoms with Gasteiger partial charge in [0.1, 0.15) is 11.6 Å². The Morgan fingerprint density at radius 1 is 1.07 bits per heavy atom. The first-order chi connectivity index (χ1) is 12.8. The Morgan fingerprint density at radius 2 is 1.81 bits per heavy atom. The molecule has 1 amide bonds. The van der Waals surface area contributed by atoms with E-state index >= 15 is 0 Å². The zero-order chi connectivity index (χ0) is 19.4. The zero-order valence-electron chi connectivity index (χ0n) is 13.7. The van der Waals surface area contributed by atoms with Crippen molar-refractivity contribution in [3.8, 4) is 11.5 Å². The van der Waals surface area contributed by atoms with E-state index in [2.05, 4.69) is 15.5 Å². The molecule has 0 bridgehead atoms. The first kappa shape index (κ1) is 18.6. The molecule has 0 saturated heterocycles. The average molecular weight is 393 g/mol. The summed E-state index contributed by atoms with van der Waals surface area (Å²) in [5.74, 6) is -2.98. The van der Waals surface area contributed by atoms with Crippen LogP contribution in [0.15, 0.2) is 57.8 Å². The number of nitrogens with one attached hydrogen (secondary N) is 1. The average Bonchev–Trinajstić information content (AvgIpc) is 3.09. The summed E-state index contributed by atoms with van der Waals surface area (Å²) in [5.41, 5.74) is -0.129. The van der Waals surface area contributed by atoms with Gasteiger partial charge in [-0.2, -0.15) is 0 Å². The van der Waals surface area contributed by atoms with E-state index in [-0.39, 0.29) is 28.8 Å². The van der Waals surface area contributed by atoms with Crippen molar-refractivity contribution in [2.45, 2.75) is 11.3 Å². The van der Waals surface area contributed by atoms with Gasteiger partial charge in [-0.3, -0.25) is 10.1 Å². The van der Waals surface area contributed by atoms with Gasteiger partial charge in [-0.25, -0.2) is 17.2 Å². The molecular weight excluding hydrogens is 380 g/mol. The number of aromatic nitrogens is 2. The van der Waals surface area contributed by atoms with Crippen molar-refractivity contribution in [2.24, 2.45) is 0 Å². The number of hydrogen-bond donors (Lipinski definition) is 1. The lowest BCUT2D eigenvalue weighted by Gasteiger charge is -2.04. The topological polar surface area (TPSA) is 102 Å². The maximum atomic E-state index is 13.7. The highest BCUT2D eigenvalue weighted by Crippen LogP contribution is 2.23. The molecule has 0 spiro atoms. The van der Waals surface area contributed by atoms with Crippen molar-refractivity contribution in [1.82, 2.24) is 10.2 Å². The number of carbonyl (C=O) groups is 1. The molecule has 0 aliphatic carbocycles. The zero-order valence-corrected chi connectivity index (χ0v) is 14.5. The lowest BCUT2D eigenvalue weighted by Crippen LogP contribution is -2.17. The van der Waals surface area contributed by atoms with Crippen molar-refractivity contribution in [3.63, 3.8) is 0 Å². The van der Waals surface area contributed by atoms with Crippen LogP contribution in [0.2, 0.25) is 0 Å². The molecule has 0 aliphatic heterocycles. The summed E-state index contributed by atoms with van der Waals surface area (Å²) in [6.07, 6.45) is -0.333. The lowest BCUT2D eigenvalue weighted by molar-refractivity contribution is -0.115. The molecule has 0 unspecified atom stereocenters. The van der Waals surface area contributed by atoms with Crippen LogP contribution in [0.5, 0.6) is 0 Å². The molecule has 7 nitrogen and oxygen atoms in total. The van der Waals surface area contributed by atoms with Crippen LogP contribution < -0.4 is 5.32 Å². The fraction of sp³-hybridized carbons (Fsp3) is 0.118. The molecule has 3 aromatic rings. The number of anilines is 1. The van der Waals surface area contributed by atoms with Crippen LogP contribution in [-0.2, 0) is 14.6 Å². The molecule has 10 heteroatoms. The molecule has 1 heterocycles. The van der Waals surface area contributed by atoms with Gasteiger partial charge in [0.05, 0.1) is 16.2 Å². The highest BCUT2D eigenvalue weighted by atomic mass is 32.2. The summed E-state index contributed by atoms with van der Waals surface area (Å²) >= 11 is 0. The Hall–Kier alpha value is -3.14. The fourth-order valence-electron chi connectivity index (χ4n) is 2.20. The van der Waals surface area contributed by atoms with E-state index in [1.54, 1.807) is 18.2 Å². The predicted molar refractivity (Wildman–Crippen MR) is 91.4 cm³/mol. The van der Waals surface area contributed by atoms with Crippen molar-refractivity contribution >= 4 is 21.8 Å². The minimum atomic E-state index is -3.61. The van der Waals surface area contributed by atoms with E-state index in [0.717, 1.165) is 12.1 Å². The highest BCUT2D eigenvalue weighted by molar-refractivity contribution is 7.91. The Bertz CT molecular complexity index is 1070. The minimum absolute atomic E-state index is 0.115. The van der Waals surface area contributed by atoms with Crippen molar-refractivity contribution in [2.75, 3.05) is 11.1 Å². The highest BCUT2D eigenvalue weighted by Gasteiger charge is 2.18. The van der Waals surface area contributed by atoms with Gasteiger partial charge in [-0.1, -0.05) is 23.3 Å². The van der Waals surface area contributed by atoms with Crippen LogP contribution in [0.25, 0.3) is 11.5 Å². The normalized spacial score (nSPS) is 11.3. The number of rotatable bonds is 6. The second-order valence-electron chi connectivity index (χ2n) is 5.47. The molecule has 0 aliphatic rings. The third-order valence-corrected chi connectivity index (χ3v) is 5.27. The van der Waals surface area contributed by atoms with Gasteiger partial charge < -0.3 is 4.42 Å². The monoisotopic (exact) mass is 393 g/mol. The standard InChI is InChI=1S/C17H13F2N3O4S/c18-11-6-7-13(14(19)10-11)16-21-22-17(26-16)20-15(23)8-9-27(24,25)12-4-2-1-3-5-12/h1-7,10H,8-9H2,(H,20,22,23). The van der Waals surface area contributed by atoms with E-state index in [1.807, 2.05) is 0 Å². The number of sulfone groups is 1. The fourth-order valence-corrected chi connectivity index (χ4v) is 3.46. The summed E-state index contributed by atoms with van der Waals surface area (Å²) in [6.45, 7) is 0. The summed E-state index contributed by atoms with van der Waals surface area (Å²) < 4.78 is 56.0. The lowest BCUT2D eigenvalue weighted by atomic mass is 10.2. The first-order valence-corrected chi connectivity index (χ1v) is 9.37. The minimum Gasteiger partial charge on any atom is -0.403 e. The number of hydrogen-bond acceptors (Lipinski definition) is 6. The maximum Gasteiger partial charge on any atom is 0.322 e. The van der Waals surface area contributed by atoms with E-state index in [1.165, 1.54) is 12.1 Å². The Labute approximate surface area is 153 Å². The van der Waals surface area contributed by atoms with Crippen molar-refractivity contribution < 1.29 is 26.4 Å². The maximum absolute atomic E-state index is 13.7. The van der Waals surface area contributed by atoms with Crippen LogP contribution in [0, 0.1) is 11.6 Å². The molecule has 0 radical (unpaired) electrons. The summed E-state index contributed by atoms with van der Waals surface area (Å²) in [6, 6.07) is 10.2. The van der Waals surface area contributed by atoms with E-state index in [4.69, 9.17) is 4.42 Å². The molecule has 0 fully saturated rings. The Morgan fingerprint density at radius 3 is 2.52 bits per heavy atom. The van der Waals surface area contributed by atoms with Gasteiger partial charge in [-0.05, 0) is 24.3 Å². The molecule has 2 aromatic carbocycles. The molecule has 3 rings (SSSR count). The summed E-state index contributed by atoms with van der Waals surface area (Å²) in [7, 11) is -3.61. The van der Waals surface area contributed by atoms with Gasteiger partial charge >= 0.3 is 6.01 Å². The van der Waals surface area contributed by atoms with Crippen LogP contribution in [0.3, 0.4) is 0 Å². The number of nitrogens with zero attached hydrogens (tertiary/aromatic N) is 2. The van der Waals surface area contributed by atoms with Gasteiger partial charge in [-0.15, -0.1) is 5.10 Å². The summed E-state index contributed by atoms with van der Waals surface area (Å²) in [4.78, 5) is 12.0. The molecule has 0 saturated carbocycles. The van der Waals surface area contributed by atoms with Crippen LogP contribution in [0.1, 0.15) is 6.42 Å². The van der Waals surface area contributed by atoms with E-state index in [9.17, 15) is 22.0 Å². The second-order valence-corrected chi connectivity index (χ2v) is 7.58. The largest absolute Gasteiger partial charge is 0.403 e. The summed E-state index contributed by atoms with van der Waals surface area (Å²) in [5, 5.41) is 9.36. The van der Waals surface area contributed by atoms with Crippen molar-refractivity contribution in [3.05, 3.63) is 60.2 Å². The molecule has 140 valence electrons. The number of halogens is 2. The quantitative estimate of drug-likeness (QED) is 0.691. The van der Waals surface area contributed by atoms with Crippen molar-refractivity contribution in [1.29, 1.82) is 0 Å². The van der Waals surface area contributed by atoms with Crippen LogP contribution >= 0.6 is 0 Å². The third-order valence-electron chi connectivity index (χ3n) is 3.53. The first-order valence-electron chi connectivity index (χ1n) is 7.72. The number of benzene rings is 2. The van der Waals surface area contributed by atoms with Gasteiger partial charge in [0.2, 0.25) is 5.91 Å².